The van der Waals surface area contributed by atoms with Crippen LogP contribution in [-0.2, 0) is 9.59 Å². The van der Waals surface area contributed by atoms with Crippen LogP contribution in [0.15, 0.2) is 18.2 Å². The molecule has 27 heavy (non-hydrogen) atoms. The molecule has 0 aromatic heterocycles. The molecule has 1 amide bonds. The van der Waals surface area contributed by atoms with E-state index in [1.807, 2.05) is 0 Å². The maximum Gasteiger partial charge on any atom is 0.394 e. The van der Waals surface area contributed by atoms with Crippen molar-refractivity contribution in [3.8, 4) is 5.75 Å². The van der Waals surface area contributed by atoms with Crippen molar-refractivity contribution in [3.63, 3.8) is 0 Å². The molecule has 1 aliphatic rings. The zero-order valence-electron chi connectivity index (χ0n) is 14.3. The molecule has 1 N–H and O–H groups in total. The van der Waals surface area contributed by atoms with Gasteiger partial charge in [0, 0.05) is 31.5 Å². The summed E-state index contributed by atoms with van der Waals surface area (Å²) in [6.07, 6.45) is -5.48. The first-order chi connectivity index (χ1) is 12.5. The van der Waals surface area contributed by atoms with Crippen LogP contribution in [0.3, 0.4) is 0 Å². The summed E-state index contributed by atoms with van der Waals surface area (Å²) in [5, 5.41) is 8.94. The Bertz CT molecular complexity index is 749. The number of carboxylic acids is 1. The Kier molecular flexibility index (Phi) is 6.07. The number of hydrogen-bond donors (Lipinski definition) is 1. The first-order valence-electron chi connectivity index (χ1n) is 7.98. The van der Waals surface area contributed by atoms with Gasteiger partial charge in [0.25, 0.3) is 0 Å². The van der Waals surface area contributed by atoms with E-state index in [2.05, 4.69) is 0 Å². The van der Waals surface area contributed by atoms with Crippen molar-refractivity contribution >= 4 is 17.7 Å². The molecule has 0 radical (unpaired) electrons. The van der Waals surface area contributed by atoms with Crippen LogP contribution in [0.2, 0.25) is 0 Å². The molecule has 0 saturated carbocycles. The minimum atomic E-state index is -4.74. The average molecular weight is 391 g/mol. The van der Waals surface area contributed by atoms with Crippen LogP contribution >= 0.6 is 0 Å². The molecule has 1 aliphatic heterocycles. The lowest BCUT2D eigenvalue weighted by Crippen LogP contribution is -2.34. The number of nitrogens with zero attached hydrogens (tertiary/aromatic N) is 1. The molecule has 0 unspecified atom stereocenters. The highest BCUT2D eigenvalue weighted by Crippen LogP contribution is 2.38. The molecular formula is C17H17F4NO5. The van der Waals surface area contributed by atoms with Crippen molar-refractivity contribution in [2.24, 2.45) is 11.8 Å². The lowest BCUT2D eigenvalue weighted by Gasteiger charge is -2.18. The van der Waals surface area contributed by atoms with Crippen molar-refractivity contribution in [3.05, 3.63) is 29.6 Å². The fourth-order valence-electron chi connectivity index (χ4n) is 2.95. The summed E-state index contributed by atoms with van der Waals surface area (Å²) in [6.45, 7) is -1.33. The number of rotatable bonds is 6. The van der Waals surface area contributed by atoms with E-state index in [4.69, 9.17) is 9.84 Å². The number of hydrogen-bond acceptors (Lipinski definition) is 4. The van der Waals surface area contributed by atoms with E-state index >= 15 is 0 Å². The van der Waals surface area contributed by atoms with Crippen molar-refractivity contribution in [1.29, 1.82) is 0 Å². The first-order valence-corrected chi connectivity index (χ1v) is 7.98. The van der Waals surface area contributed by atoms with E-state index in [0.717, 1.165) is 11.0 Å². The molecule has 1 aromatic carbocycles. The minimum absolute atomic E-state index is 0.000831. The Hall–Kier alpha value is -2.65. The Balaban J connectivity index is 1.98. The Morgan fingerprint density at radius 2 is 1.89 bits per heavy atom. The lowest BCUT2D eigenvalue weighted by atomic mass is 9.96. The SMILES string of the molecule is COc1ccc(C(=O)CCC(=O)N2C[C@@H](C(F)(F)F)[C@H](C(=O)O)C2)cc1F. The fourth-order valence-corrected chi connectivity index (χ4v) is 2.95. The van der Waals surface area contributed by atoms with E-state index in [1.165, 1.54) is 19.2 Å². The van der Waals surface area contributed by atoms with Gasteiger partial charge in [-0.25, -0.2) is 4.39 Å². The third-order valence-corrected chi connectivity index (χ3v) is 4.45. The monoisotopic (exact) mass is 391 g/mol. The summed E-state index contributed by atoms with van der Waals surface area (Å²) < 4.78 is 57.2. The quantitative estimate of drug-likeness (QED) is 0.595. The predicted molar refractivity (Wildman–Crippen MR) is 83.8 cm³/mol. The number of ether oxygens (including phenoxy) is 1. The molecular weight excluding hydrogens is 374 g/mol. The normalized spacial score (nSPS) is 19.8. The summed E-state index contributed by atoms with van der Waals surface area (Å²) in [5.74, 6) is -7.64. The maximum atomic E-state index is 13.6. The molecule has 1 saturated heterocycles. The highest BCUT2D eigenvalue weighted by molar-refractivity contribution is 5.98. The summed E-state index contributed by atoms with van der Waals surface area (Å²) in [7, 11) is 1.26. The number of likely N-dealkylation sites (tertiary alicyclic amines) is 1. The molecule has 2 rings (SSSR count). The third kappa shape index (κ3) is 4.75. The standard InChI is InChI=1S/C17H17F4NO5/c1-27-14-4-2-9(6-12(14)18)13(23)3-5-15(24)22-7-10(16(25)26)11(8-22)17(19,20)21/h2,4,6,10-11H,3,5,7-8H2,1H3,(H,25,26)/t10-,11-/m1/s1. The highest BCUT2D eigenvalue weighted by Gasteiger charge is 2.53. The molecule has 1 heterocycles. The van der Waals surface area contributed by atoms with Gasteiger partial charge in [-0.1, -0.05) is 0 Å². The van der Waals surface area contributed by atoms with E-state index < -0.39 is 61.0 Å². The Morgan fingerprint density at radius 3 is 2.37 bits per heavy atom. The van der Waals surface area contributed by atoms with Crippen molar-refractivity contribution in [2.45, 2.75) is 19.0 Å². The number of Topliss-reactive ketones (excluding diaryl/α,β-unsaturated/α-hetero) is 1. The first kappa shape index (κ1) is 20.7. The summed E-state index contributed by atoms with van der Waals surface area (Å²) in [5.41, 5.74) is -0.000831. The van der Waals surface area contributed by atoms with E-state index in [1.54, 1.807) is 0 Å². The molecule has 1 aromatic rings. The molecule has 0 bridgehead atoms. The summed E-state index contributed by atoms with van der Waals surface area (Å²) >= 11 is 0. The topological polar surface area (TPSA) is 83.9 Å². The van der Waals surface area contributed by atoms with Crippen LogP contribution in [0.25, 0.3) is 0 Å². The van der Waals surface area contributed by atoms with Gasteiger partial charge in [-0.3, -0.25) is 14.4 Å². The minimum Gasteiger partial charge on any atom is -0.494 e. The molecule has 6 nitrogen and oxygen atoms in total. The fraction of sp³-hybridized carbons (Fsp3) is 0.471. The van der Waals surface area contributed by atoms with Crippen LogP contribution in [0.4, 0.5) is 17.6 Å². The van der Waals surface area contributed by atoms with E-state index in [-0.39, 0.29) is 17.7 Å². The van der Waals surface area contributed by atoms with Gasteiger partial charge < -0.3 is 14.7 Å². The van der Waals surface area contributed by atoms with Crippen LogP contribution in [0.1, 0.15) is 23.2 Å². The van der Waals surface area contributed by atoms with Gasteiger partial charge in [-0.15, -0.1) is 0 Å². The number of ketones is 1. The van der Waals surface area contributed by atoms with Gasteiger partial charge in [-0.2, -0.15) is 13.2 Å². The maximum absolute atomic E-state index is 13.6. The number of methoxy groups -OCH3 is 1. The van der Waals surface area contributed by atoms with Crippen molar-refractivity contribution in [2.75, 3.05) is 20.2 Å². The number of carbonyl (C=O) groups excluding carboxylic acids is 2. The van der Waals surface area contributed by atoms with Gasteiger partial charge in [0.05, 0.1) is 18.9 Å². The van der Waals surface area contributed by atoms with Gasteiger partial charge in [-0.05, 0) is 18.2 Å². The van der Waals surface area contributed by atoms with Gasteiger partial charge in [0.1, 0.15) is 0 Å². The van der Waals surface area contributed by atoms with Crippen LogP contribution in [0.5, 0.6) is 5.75 Å². The second-order valence-electron chi connectivity index (χ2n) is 6.16. The molecule has 2 atom stereocenters. The number of alkyl halides is 3. The van der Waals surface area contributed by atoms with Crippen LogP contribution < -0.4 is 4.74 Å². The van der Waals surface area contributed by atoms with Gasteiger partial charge in [0.2, 0.25) is 5.91 Å². The Morgan fingerprint density at radius 1 is 1.22 bits per heavy atom. The summed E-state index contributed by atoms with van der Waals surface area (Å²) in [6, 6.07) is 3.50. The second kappa shape index (κ2) is 7.93. The average Bonchev–Trinajstić information content (AvgIpc) is 3.05. The second-order valence-corrected chi connectivity index (χ2v) is 6.16. The number of carbonyl (C=O) groups is 3. The van der Waals surface area contributed by atoms with Gasteiger partial charge >= 0.3 is 12.1 Å². The number of halogens is 4. The Labute approximate surface area is 151 Å². The van der Waals surface area contributed by atoms with Gasteiger partial charge in [0.15, 0.2) is 17.3 Å². The predicted octanol–water partition coefficient (Wildman–Crippen LogP) is 2.52. The molecule has 148 valence electrons. The zero-order valence-corrected chi connectivity index (χ0v) is 14.3. The molecule has 0 spiro atoms. The van der Waals surface area contributed by atoms with Crippen molar-refractivity contribution < 1.29 is 41.8 Å². The smallest absolute Gasteiger partial charge is 0.394 e. The number of amides is 1. The molecule has 1 fully saturated rings. The van der Waals surface area contributed by atoms with Crippen LogP contribution in [-0.4, -0.2) is 54.0 Å². The lowest BCUT2D eigenvalue weighted by molar-refractivity contribution is -0.188. The number of carboxylic acid groups (broad SMARTS) is 1. The summed E-state index contributed by atoms with van der Waals surface area (Å²) in [4.78, 5) is 36.0. The molecule has 10 heteroatoms. The largest absolute Gasteiger partial charge is 0.494 e. The number of benzene rings is 1. The third-order valence-electron chi connectivity index (χ3n) is 4.45. The van der Waals surface area contributed by atoms with E-state index in [9.17, 15) is 31.9 Å². The van der Waals surface area contributed by atoms with Crippen molar-refractivity contribution in [1.82, 2.24) is 4.90 Å². The van der Waals surface area contributed by atoms with Crippen LogP contribution in [0, 0.1) is 17.7 Å². The number of aliphatic carboxylic acids is 1. The molecule has 0 aliphatic carbocycles. The van der Waals surface area contributed by atoms with E-state index in [0.29, 0.717) is 0 Å². The highest BCUT2D eigenvalue weighted by atomic mass is 19.4. The zero-order chi connectivity index (χ0) is 20.4.